The largest absolute Gasteiger partial charge is 0.487 e. The van der Waals surface area contributed by atoms with E-state index >= 15 is 0 Å². The highest BCUT2D eigenvalue weighted by molar-refractivity contribution is 6.34. The zero-order chi connectivity index (χ0) is 22.8. The lowest BCUT2D eigenvalue weighted by Crippen LogP contribution is -2.39. The van der Waals surface area contributed by atoms with Gasteiger partial charge in [0, 0.05) is 18.2 Å². The number of rotatable bonds is 5. The average Bonchev–Trinajstić information content (AvgIpc) is 2.83. The Morgan fingerprint density at radius 1 is 0.970 bits per heavy atom. The molecule has 2 amide bonds. The maximum absolute atomic E-state index is 12.3. The number of nitrogens with zero attached hydrogens (tertiary/aromatic N) is 1. The van der Waals surface area contributed by atoms with Gasteiger partial charge in [0.2, 0.25) is 11.8 Å². The van der Waals surface area contributed by atoms with E-state index in [1.165, 1.54) is 0 Å². The molecule has 1 atom stereocenters. The molecule has 164 valence electrons. The number of piperidine rings is 1. The van der Waals surface area contributed by atoms with E-state index in [0.717, 1.165) is 38.9 Å². The Morgan fingerprint density at radius 2 is 1.82 bits per heavy atom. The molecule has 1 saturated heterocycles. The standard InChI is InChI=1S/C27H21ClN2O3/c28-26-22(5-3-6-23(26)24-11-12-25(31)30-27(24)32)19-8-7-18-15-21(10-9-17(18)14-19)33-16-20-4-1-2-13-29-20/h1-10,13-15,24H,11-12,16H2,(H,30,31,32). The summed E-state index contributed by atoms with van der Waals surface area (Å²) in [7, 11) is 0. The van der Waals surface area contributed by atoms with E-state index in [0.29, 0.717) is 24.5 Å². The number of nitrogens with one attached hydrogen (secondary N) is 1. The number of hydrogen-bond donors (Lipinski definition) is 1. The van der Waals surface area contributed by atoms with Crippen molar-refractivity contribution in [2.75, 3.05) is 0 Å². The molecule has 3 aromatic carbocycles. The number of fused-ring (bicyclic) bond motifs is 1. The highest BCUT2D eigenvalue weighted by atomic mass is 35.5. The van der Waals surface area contributed by atoms with Crippen LogP contribution in [0, 0.1) is 0 Å². The van der Waals surface area contributed by atoms with Crippen LogP contribution in [-0.4, -0.2) is 16.8 Å². The minimum absolute atomic E-state index is 0.235. The molecule has 4 aromatic rings. The molecule has 0 bridgehead atoms. The number of ether oxygens (including phenoxy) is 1. The van der Waals surface area contributed by atoms with Crippen molar-refractivity contribution < 1.29 is 14.3 Å². The van der Waals surface area contributed by atoms with Crippen molar-refractivity contribution in [1.82, 2.24) is 10.3 Å². The minimum atomic E-state index is -0.422. The molecule has 5 rings (SSSR count). The summed E-state index contributed by atoms with van der Waals surface area (Å²) < 4.78 is 5.89. The fourth-order valence-electron chi connectivity index (χ4n) is 4.15. The minimum Gasteiger partial charge on any atom is -0.487 e. The van der Waals surface area contributed by atoms with Crippen LogP contribution in [0.3, 0.4) is 0 Å². The molecule has 0 spiro atoms. The second-order valence-corrected chi connectivity index (χ2v) is 8.42. The van der Waals surface area contributed by atoms with Crippen molar-refractivity contribution in [2.45, 2.75) is 25.4 Å². The predicted octanol–water partition coefficient (Wildman–Crippen LogP) is 5.65. The SMILES string of the molecule is O=C1CCC(c2cccc(-c3ccc4cc(OCc5ccccn5)ccc4c3)c2Cl)C(=O)N1. The normalized spacial score (nSPS) is 16.0. The highest BCUT2D eigenvalue weighted by Crippen LogP contribution is 2.38. The van der Waals surface area contributed by atoms with Gasteiger partial charge < -0.3 is 4.74 Å². The Morgan fingerprint density at radius 3 is 2.64 bits per heavy atom. The maximum atomic E-state index is 12.3. The molecular formula is C27H21ClN2O3. The number of pyridine rings is 1. The van der Waals surface area contributed by atoms with E-state index in [4.69, 9.17) is 16.3 Å². The van der Waals surface area contributed by atoms with Gasteiger partial charge in [-0.1, -0.05) is 54.1 Å². The van der Waals surface area contributed by atoms with Crippen LogP contribution >= 0.6 is 11.6 Å². The summed E-state index contributed by atoms with van der Waals surface area (Å²) in [5.41, 5.74) is 3.44. The van der Waals surface area contributed by atoms with Gasteiger partial charge >= 0.3 is 0 Å². The summed E-state index contributed by atoms with van der Waals surface area (Å²) in [5.74, 6) is -0.170. The Balaban J connectivity index is 1.41. The van der Waals surface area contributed by atoms with Crippen LogP contribution < -0.4 is 10.1 Å². The Labute approximate surface area is 196 Å². The van der Waals surface area contributed by atoms with E-state index in [1.54, 1.807) is 6.20 Å². The Kier molecular flexibility index (Phi) is 5.80. The van der Waals surface area contributed by atoms with Gasteiger partial charge in [-0.05, 0) is 58.7 Å². The zero-order valence-electron chi connectivity index (χ0n) is 17.8. The van der Waals surface area contributed by atoms with Crippen molar-refractivity contribution >= 4 is 34.2 Å². The number of carbonyl (C=O) groups is 2. The molecule has 1 aliphatic rings. The lowest BCUT2D eigenvalue weighted by atomic mass is 9.88. The van der Waals surface area contributed by atoms with Gasteiger partial charge in [0.25, 0.3) is 0 Å². The summed E-state index contributed by atoms with van der Waals surface area (Å²) in [4.78, 5) is 28.1. The number of benzene rings is 3. The predicted molar refractivity (Wildman–Crippen MR) is 128 cm³/mol. The van der Waals surface area contributed by atoms with E-state index < -0.39 is 5.92 Å². The third kappa shape index (κ3) is 4.45. The molecule has 0 aliphatic carbocycles. The molecule has 1 unspecified atom stereocenters. The first-order valence-electron chi connectivity index (χ1n) is 10.8. The van der Waals surface area contributed by atoms with E-state index in [1.807, 2.05) is 66.7 Å². The number of hydrogen-bond acceptors (Lipinski definition) is 4. The molecule has 1 N–H and O–H groups in total. The molecule has 1 aromatic heterocycles. The smallest absolute Gasteiger partial charge is 0.234 e. The molecule has 0 radical (unpaired) electrons. The monoisotopic (exact) mass is 456 g/mol. The van der Waals surface area contributed by atoms with Gasteiger partial charge in [0.05, 0.1) is 16.6 Å². The van der Waals surface area contributed by atoms with Crippen LogP contribution in [0.15, 0.2) is 79.0 Å². The van der Waals surface area contributed by atoms with Crippen LogP contribution in [-0.2, 0) is 16.2 Å². The lowest BCUT2D eigenvalue weighted by molar-refractivity contribution is -0.134. The fourth-order valence-corrected chi connectivity index (χ4v) is 4.52. The quantitative estimate of drug-likeness (QED) is 0.394. The fraction of sp³-hybridized carbons (Fsp3) is 0.148. The molecule has 1 fully saturated rings. The molecule has 1 aliphatic heterocycles. The summed E-state index contributed by atoms with van der Waals surface area (Å²) >= 11 is 6.76. The van der Waals surface area contributed by atoms with E-state index in [2.05, 4.69) is 16.4 Å². The van der Waals surface area contributed by atoms with Gasteiger partial charge in [-0.25, -0.2) is 0 Å². The lowest BCUT2D eigenvalue weighted by Gasteiger charge is -2.23. The second-order valence-electron chi connectivity index (χ2n) is 8.05. The van der Waals surface area contributed by atoms with Gasteiger partial charge in [0.15, 0.2) is 0 Å². The molecule has 0 saturated carbocycles. The number of halogens is 1. The van der Waals surface area contributed by atoms with Gasteiger partial charge in [-0.2, -0.15) is 0 Å². The van der Waals surface area contributed by atoms with Crippen molar-refractivity contribution in [2.24, 2.45) is 0 Å². The van der Waals surface area contributed by atoms with Crippen molar-refractivity contribution in [3.63, 3.8) is 0 Å². The number of imide groups is 1. The van der Waals surface area contributed by atoms with E-state index in [-0.39, 0.29) is 11.8 Å². The maximum Gasteiger partial charge on any atom is 0.234 e. The third-order valence-corrected chi connectivity index (χ3v) is 6.30. The van der Waals surface area contributed by atoms with Crippen molar-refractivity contribution in [3.05, 3.63) is 95.3 Å². The third-order valence-electron chi connectivity index (χ3n) is 5.88. The van der Waals surface area contributed by atoms with Crippen LogP contribution in [0.1, 0.15) is 30.0 Å². The highest BCUT2D eigenvalue weighted by Gasteiger charge is 2.30. The zero-order valence-corrected chi connectivity index (χ0v) is 18.5. The number of aromatic nitrogens is 1. The Hall–Kier alpha value is -3.70. The second kappa shape index (κ2) is 9.04. The van der Waals surface area contributed by atoms with Crippen LogP contribution in [0.4, 0.5) is 0 Å². The molecule has 2 heterocycles. The van der Waals surface area contributed by atoms with Gasteiger partial charge in [0.1, 0.15) is 12.4 Å². The van der Waals surface area contributed by atoms with E-state index in [9.17, 15) is 9.59 Å². The van der Waals surface area contributed by atoms with Crippen LogP contribution in [0.5, 0.6) is 5.75 Å². The van der Waals surface area contributed by atoms with Crippen molar-refractivity contribution in [3.8, 4) is 16.9 Å². The topological polar surface area (TPSA) is 68.3 Å². The summed E-state index contributed by atoms with van der Waals surface area (Å²) in [6, 6.07) is 23.5. The average molecular weight is 457 g/mol. The molecule has 33 heavy (non-hydrogen) atoms. The molecular weight excluding hydrogens is 436 g/mol. The first-order valence-corrected chi connectivity index (χ1v) is 11.2. The first-order chi connectivity index (χ1) is 16.1. The number of amides is 2. The summed E-state index contributed by atoms with van der Waals surface area (Å²) in [5, 5.41) is 5.06. The first kappa shape index (κ1) is 21.2. The molecule has 5 nitrogen and oxygen atoms in total. The van der Waals surface area contributed by atoms with Crippen molar-refractivity contribution in [1.29, 1.82) is 0 Å². The van der Waals surface area contributed by atoms with Gasteiger partial charge in [-0.15, -0.1) is 0 Å². The summed E-state index contributed by atoms with van der Waals surface area (Å²) in [6.07, 6.45) is 2.53. The molecule has 6 heteroatoms. The Bertz CT molecular complexity index is 1350. The van der Waals surface area contributed by atoms with Crippen LogP contribution in [0.2, 0.25) is 5.02 Å². The summed E-state index contributed by atoms with van der Waals surface area (Å²) in [6.45, 7) is 0.410. The number of carbonyl (C=O) groups excluding carboxylic acids is 2. The van der Waals surface area contributed by atoms with Gasteiger partial charge in [-0.3, -0.25) is 19.9 Å². The van der Waals surface area contributed by atoms with Crippen LogP contribution in [0.25, 0.3) is 21.9 Å².